The molecule has 114 valence electrons. The zero-order valence-electron chi connectivity index (χ0n) is 12.1. The van der Waals surface area contributed by atoms with Crippen molar-refractivity contribution in [2.75, 3.05) is 14.2 Å². The number of methoxy groups -OCH3 is 2. The van der Waals surface area contributed by atoms with Gasteiger partial charge in [0.05, 0.1) is 14.2 Å². The minimum absolute atomic E-state index is 0.186. The molecule has 21 heavy (non-hydrogen) atoms. The Morgan fingerprint density at radius 3 is 2.33 bits per heavy atom. The molecule has 0 heterocycles. The van der Waals surface area contributed by atoms with E-state index >= 15 is 0 Å². The van der Waals surface area contributed by atoms with Crippen molar-refractivity contribution in [3.63, 3.8) is 0 Å². The average Bonchev–Trinajstić information content (AvgIpc) is 2.53. The standard InChI is InChI=1S/C15H19NO5/c1-20-13(17)10-6-9-12(15(19)21-2)16-14(18)11-7-4-3-5-8-11/h3-5,7-8,12H,6,9-10H2,1-2H3,(H,16,18)/t12-/m0/s1. The van der Waals surface area contributed by atoms with Gasteiger partial charge >= 0.3 is 11.9 Å². The van der Waals surface area contributed by atoms with Gasteiger partial charge in [0.2, 0.25) is 0 Å². The summed E-state index contributed by atoms with van der Waals surface area (Å²) in [5.74, 6) is -1.25. The molecule has 1 atom stereocenters. The maximum Gasteiger partial charge on any atom is 0.328 e. The van der Waals surface area contributed by atoms with Gasteiger partial charge in [-0.2, -0.15) is 0 Å². The van der Waals surface area contributed by atoms with Crippen molar-refractivity contribution in [3.8, 4) is 0 Å². The summed E-state index contributed by atoms with van der Waals surface area (Å²) in [7, 11) is 2.56. The van der Waals surface area contributed by atoms with Gasteiger partial charge < -0.3 is 14.8 Å². The molecule has 0 radical (unpaired) electrons. The molecule has 0 spiro atoms. The summed E-state index contributed by atoms with van der Waals surface area (Å²) < 4.78 is 9.19. The van der Waals surface area contributed by atoms with E-state index in [9.17, 15) is 14.4 Å². The highest BCUT2D eigenvalue weighted by molar-refractivity contribution is 5.96. The Balaban J connectivity index is 2.60. The lowest BCUT2D eigenvalue weighted by Gasteiger charge is -2.16. The van der Waals surface area contributed by atoms with Crippen LogP contribution in [0.1, 0.15) is 29.6 Å². The van der Waals surface area contributed by atoms with E-state index in [1.165, 1.54) is 14.2 Å². The number of carbonyl (C=O) groups excluding carboxylic acids is 3. The molecule has 0 aromatic heterocycles. The fraction of sp³-hybridized carbons (Fsp3) is 0.400. The topological polar surface area (TPSA) is 81.7 Å². The molecule has 0 saturated carbocycles. The van der Waals surface area contributed by atoms with E-state index in [1.54, 1.807) is 30.3 Å². The third kappa shape index (κ3) is 5.64. The highest BCUT2D eigenvalue weighted by Crippen LogP contribution is 2.06. The van der Waals surface area contributed by atoms with E-state index in [-0.39, 0.29) is 18.3 Å². The van der Waals surface area contributed by atoms with Gasteiger partial charge in [-0.1, -0.05) is 18.2 Å². The van der Waals surface area contributed by atoms with Gasteiger partial charge in [0.15, 0.2) is 0 Å². The van der Waals surface area contributed by atoms with E-state index < -0.39 is 12.0 Å². The van der Waals surface area contributed by atoms with Crippen LogP contribution in [0.25, 0.3) is 0 Å². The first-order valence-electron chi connectivity index (χ1n) is 6.59. The van der Waals surface area contributed by atoms with Crippen LogP contribution in [0.5, 0.6) is 0 Å². The number of carbonyl (C=O) groups is 3. The molecule has 0 bridgehead atoms. The van der Waals surface area contributed by atoms with Crippen molar-refractivity contribution in [1.82, 2.24) is 5.32 Å². The Morgan fingerprint density at radius 2 is 1.76 bits per heavy atom. The van der Waals surface area contributed by atoms with Gasteiger partial charge in [-0.05, 0) is 25.0 Å². The van der Waals surface area contributed by atoms with Crippen LogP contribution in [0.2, 0.25) is 0 Å². The second-order valence-electron chi connectivity index (χ2n) is 4.38. The lowest BCUT2D eigenvalue weighted by atomic mass is 10.1. The van der Waals surface area contributed by atoms with Crippen molar-refractivity contribution >= 4 is 17.8 Å². The summed E-state index contributed by atoms with van der Waals surface area (Å²) in [5.41, 5.74) is 0.458. The molecule has 0 aliphatic carbocycles. The molecule has 6 heteroatoms. The molecule has 1 amide bonds. The average molecular weight is 293 g/mol. The number of amides is 1. The van der Waals surface area contributed by atoms with Crippen LogP contribution in [-0.2, 0) is 19.1 Å². The number of ether oxygens (including phenoxy) is 2. The van der Waals surface area contributed by atoms with E-state index in [0.717, 1.165) is 0 Å². The van der Waals surface area contributed by atoms with E-state index in [2.05, 4.69) is 14.8 Å². The summed E-state index contributed by atoms with van der Waals surface area (Å²) in [6.45, 7) is 0. The van der Waals surface area contributed by atoms with Gasteiger partial charge in [-0.3, -0.25) is 9.59 Å². The normalized spacial score (nSPS) is 11.3. The van der Waals surface area contributed by atoms with Crippen LogP contribution in [0, 0.1) is 0 Å². The van der Waals surface area contributed by atoms with Gasteiger partial charge in [0.25, 0.3) is 5.91 Å². The maximum absolute atomic E-state index is 12.0. The summed E-state index contributed by atoms with van der Waals surface area (Å²) in [4.78, 5) is 34.7. The van der Waals surface area contributed by atoms with Crippen LogP contribution in [0.4, 0.5) is 0 Å². The number of hydrogen-bond acceptors (Lipinski definition) is 5. The Labute approximate surface area is 123 Å². The molecule has 1 N–H and O–H groups in total. The van der Waals surface area contributed by atoms with Gasteiger partial charge in [0, 0.05) is 12.0 Å². The Bertz CT molecular complexity index is 486. The van der Waals surface area contributed by atoms with E-state index in [0.29, 0.717) is 18.4 Å². The molecule has 0 saturated heterocycles. The maximum atomic E-state index is 12.0. The van der Waals surface area contributed by atoms with Crippen molar-refractivity contribution in [2.24, 2.45) is 0 Å². The van der Waals surface area contributed by atoms with Crippen molar-refractivity contribution in [1.29, 1.82) is 0 Å². The van der Waals surface area contributed by atoms with Crippen LogP contribution >= 0.6 is 0 Å². The van der Waals surface area contributed by atoms with Gasteiger partial charge in [-0.15, -0.1) is 0 Å². The molecule has 1 aromatic rings. The van der Waals surface area contributed by atoms with E-state index in [1.807, 2.05) is 0 Å². The number of nitrogens with one attached hydrogen (secondary N) is 1. The SMILES string of the molecule is COC(=O)CCC[C@H](NC(=O)c1ccccc1)C(=O)OC. The Morgan fingerprint density at radius 1 is 1.10 bits per heavy atom. The fourth-order valence-electron chi connectivity index (χ4n) is 1.77. The first kappa shape index (κ1) is 16.7. The zero-order chi connectivity index (χ0) is 15.7. The van der Waals surface area contributed by atoms with Crippen LogP contribution in [0.3, 0.4) is 0 Å². The molecule has 0 unspecified atom stereocenters. The highest BCUT2D eigenvalue weighted by atomic mass is 16.5. The van der Waals surface area contributed by atoms with Gasteiger partial charge in [-0.25, -0.2) is 4.79 Å². The second-order valence-corrected chi connectivity index (χ2v) is 4.38. The van der Waals surface area contributed by atoms with Crippen LogP contribution in [-0.4, -0.2) is 38.1 Å². The summed E-state index contributed by atoms with van der Waals surface area (Å²) in [6.07, 6.45) is 0.910. The predicted molar refractivity (Wildman–Crippen MR) is 75.6 cm³/mol. The summed E-state index contributed by atoms with van der Waals surface area (Å²) in [6, 6.07) is 7.78. The molecule has 1 aromatic carbocycles. The third-order valence-corrected chi connectivity index (χ3v) is 2.93. The number of esters is 2. The van der Waals surface area contributed by atoms with Crippen molar-refractivity contribution in [3.05, 3.63) is 35.9 Å². The molecule has 1 rings (SSSR count). The Kier molecular flexibility index (Phi) is 6.94. The molecule has 6 nitrogen and oxygen atoms in total. The highest BCUT2D eigenvalue weighted by Gasteiger charge is 2.22. The summed E-state index contributed by atoms with van der Waals surface area (Å²) in [5, 5.41) is 2.61. The number of hydrogen-bond donors (Lipinski definition) is 1. The van der Waals surface area contributed by atoms with Crippen molar-refractivity contribution < 1.29 is 23.9 Å². The van der Waals surface area contributed by atoms with Crippen molar-refractivity contribution in [2.45, 2.75) is 25.3 Å². The first-order chi connectivity index (χ1) is 10.1. The van der Waals surface area contributed by atoms with Gasteiger partial charge in [0.1, 0.15) is 6.04 Å². The minimum atomic E-state index is -0.785. The quantitative estimate of drug-likeness (QED) is 0.766. The summed E-state index contributed by atoms with van der Waals surface area (Å²) >= 11 is 0. The Hall–Kier alpha value is -2.37. The lowest BCUT2D eigenvalue weighted by molar-refractivity contribution is -0.144. The largest absolute Gasteiger partial charge is 0.469 e. The second kappa shape index (κ2) is 8.73. The molecular weight excluding hydrogens is 274 g/mol. The zero-order valence-corrected chi connectivity index (χ0v) is 12.1. The monoisotopic (exact) mass is 293 g/mol. The van der Waals surface area contributed by atoms with Crippen LogP contribution in [0.15, 0.2) is 30.3 Å². The molecule has 0 fully saturated rings. The first-order valence-corrected chi connectivity index (χ1v) is 6.59. The molecule has 0 aliphatic rings. The molecular formula is C15H19NO5. The predicted octanol–water partition coefficient (Wildman–Crippen LogP) is 1.30. The number of rotatable bonds is 7. The third-order valence-electron chi connectivity index (χ3n) is 2.93. The fourth-order valence-corrected chi connectivity index (χ4v) is 1.77. The molecule has 0 aliphatic heterocycles. The number of benzene rings is 1. The minimum Gasteiger partial charge on any atom is -0.469 e. The smallest absolute Gasteiger partial charge is 0.328 e. The lowest BCUT2D eigenvalue weighted by Crippen LogP contribution is -2.41. The van der Waals surface area contributed by atoms with E-state index in [4.69, 9.17) is 0 Å². The van der Waals surface area contributed by atoms with Crippen LogP contribution < -0.4 is 5.32 Å².